The van der Waals surface area contributed by atoms with Crippen molar-refractivity contribution in [3.8, 4) is 0 Å². The summed E-state index contributed by atoms with van der Waals surface area (Å²) in [6.45, 7) is 9.71. The van der Waals surface area contributed by atoms with Gasteiger partial charge in [-0.05, 0) is 92.4 Å². The maximum absolute atomic E-state index is 14.4. The largest absolute Gasteiger partial charge is 0.478 e. The van der Waals surface area contributed by atoms with E-state index in [-0.39, 0.29) is 81.1 Å². The zero-order valence-electron chi connectivity index (χ0n) is 46.2. The second kappa shape index (κ2) is 32.5. The molecule has 0 aromatic heterocycles. The molecule has 448 valence electrons. The Morgan fingerprint density at radius 1 is 0.393 bits per heavy atom. The van der Waals surface area contributed by atoms with Gasteiger partial charge >= 0.3 is 17.9 Å². The van der Waals surface area contributed by atoms with Gasteiger partial charge in [-0.25, -0.2) is 53.9 Å². The Kier molecular flexibility index (Phi) is 25.7. The molecule has 9 rings (SSSR count). The maximum atomic E-state index is 14.4. The summed E-state index contributed by atoms with van der Waals surface area (Å²) in [5.41, 5.74) is -0.213. The van der Waals surface area contributed by atoms with Crippen molar-refractivity contribution < 1.29 is 78.8 Å². The van der Waals surface area contributed by atoms with E-state index >= 15 is 0 Å². The summed E-state index contributed by atoms with van der Waals surface area (Å²) in [6.07, 6.45) is 0.443. The van der Waals surface area contributed by atoms with E-state index in [0.29, 0.717) is 38.3 Å². The molecule has 4 N–H and O–H groups in total. The lowest BCUT2D eigenvalue weighted by Gasteiger charge is -2.33. The third-order valence-electron chi connectivity index (χ3n) is 13.5. The van der Waals surface area contributed by atoms with E-state index in [0.717, 1.165) is 63.5 Å². The van der Waals surface area contributed by atoms with Gasteiger partial charge in [-0.2, -0.15) is 0 Å². The monoisotopic (exact) mass is 1180 g/mol. The number of carboxylic acid groups (broad SMARTS) is 3. The van der Waals surface area contributed by atoms with Crippen molar-refractivity contribution in [1.82, 2.24) is 29.8 Å². The Morgan fingerprint density at radius 2 is 0.679 bits per heavy atom. The van der Waals surface area contributed by atoms with Crippen molar-refractivity contribution in [1.29, 1.82) is 0 Å². The summed E-state index contributed by atoms with van der Waals surface area (Å²) in [4.78, 5) is 65.4. The van der Waals surface area contributed by atoms with Crippen LogP contribution < -0.4 is 5.32 Å². The van der Waals surface area contributed by atoms with Gasteiger partial charge < -0.3 is 45.1 Å². The number of carbonyl (C=O) groups is 5. The summed E-state index contributed by atoms with van der Waals surface area (Å²) >= 11 is 0. The molecule has 3 fully saturated rings. The fraction of sp³-hybridized carbons (Fsp3) is 0.295. The summed E-state index contributed by atoms with van der Waals surface area (Å²) in [5, 5.41) is 27.8. The van der Waals surface area contributed by atoms with Crippen molar-refractivity contribution in [2.24, 2.45) is 0 Å². The number of piperazine rings is 3. The van der Waals surface area contributed by atoms with Crippen LogP contribution in [-0.2, 0) is 28.9 Å². The van der Waals surface area contributed by atoms with Gasteiger partial charge in [-0.1, -0.05) is 54.6 Å². The number of halogens is 9. The number of benzene rings is 6. The van der Waals surface area contributed by atoms with Gasteiger partial charge in [0.05, 0.1) is 5.56 Å². The number of aromatic carboxylic acids is 1. The number of likely N-dealkylation sites (N-methyl/N-ethyl adjacent to an activating group) is 3. The van der Waals surface area contributed by atoms with Crippen LogP contribution in [0.3, 0.4) is 0 Å². The summed E-state index contributed by atoms with van der Waals surface area (Å²) in [7, 11) is 6.08. The summed E-state index contributed by atoms with van der Waals surface area (Å²) in [6, 6.07) is 23.6. The third kappa shape index (κ3) is 19.6. The van der Waals surface area contributed by atoms with E-state index in [1.54, 1.807) is 21.9 Å². The molecule has 3 heterocycles. The second-order valence-corrected chi connectivity index (χ2v) is 19.5. The van der Waals surface area contributed by atoms with E-state index in [4.69, 9.17) is 15.3 Å². The lowest BCUT2D eigenvalue weighted by molar-refractivity contribution is -0.134. The average molecular weight is 1180 g/mol. The fourth-order valence-electron chi connectivity index (χ4n) is 8.67. The van der Waals surface area contributed by atoms with Crippen molar-refractivity contribution in [3.05, 3.63) is 224 Å². The van der Waals surface area contributed by atoms with Crippen LogP contribution in [0.2, 0.25) is 0 Å². The number of aliphatic carboxylic acids is 2. The average Bonchev–Trinajstić information content (AvgIpc) is 2.86. The van der Waals surface area contributed by atoms with Gasteiger partial charge in [0.25, 0.3) is 11.8 Å². The number of carbonyl (C=O) groups excluding carboxylic acids is 2. The molecule has 2 amide bonds. The quantitative estimate of drug-likeness (QED) is 0.0719. The van der Waals surface area contributed by atoms with Crippen LogP contribution in [0.1, 0.15) is 64.5 Å². The van der Waals surface area contributed by atoms with Gasteiger partial charge in [0.15, 0.2) is 34.9 Å². The molecule has 6 aromatic rings. The highest BCUT2D eigenvalue weighted by molar-refractivity contribution is 5.97. The highest BCUT2D eigenvalue weighted by Gasteiger charge is 2.28. The molecule has 0 aliphatic carbocycles. The Morgan fingerprint density at radius 3 is 0.952 bits per heavy atom. The van der Waals surface area contributed by atoms with E-state index in [9.17, 15) is 63.5 Å². The zero-order chi connectivity index (χ0) is 61.6. The first-order valence-electron chi connectivity index (χ1n) is 26.3. The first-order valence-corrected chi connectivity index (χ1v) is 26.3. The number of hydrogen-bond acceptors (Lipinski definition) is 9. The standard InChI is InChI=1S/2C19H19F3N2O.C14H9F3O2.C5H12N2.C4H4O4/c2*1-23-8-10-24(11-9-23)19(25)14-6-7-17(21)18(22)15(14)12-13-4-2-3-5-16(13)20;15-11-4-2-1-3-8(11)7-10-9(14(18)19)5-6-12(16)13(10)17;1-7-4-2-6-3-5-7;5-3(6)1-2-4(7)8/h2*2-7H,8-12H2,1H3;1-6H,7H2,(H,18,19);6H,2-5H2,1H3;1-2H,(H,5,6)(H,7,8)/b;;;;2-1+. The molecule has 0 spiro atoms. The van der Waals surface area contributed by atoms with Gasteiger partial charge in [0, 0.05) is 138 Å². The lowest BCUT2D eigenvalue weighted by Crippen LogP contribution is -2.47. The topological polar surface area (TPSA) is 174 Å². The SMILES string of the molecule is CN1CCN(C(=O)c2ccc(F)c(F)c2Cc2ccccc2F)CC1.CN1CCN(C(=O)c2ccc(F)c(F)c2Cc2ccccc2F)CC1.CN1CCNCC1.O=C(O)/C=C/C(=O)O.O=C(O)c1ccc(F)c(F)c1Cc1ccccc1F. The normalized spacial score (nSPS) is 14.6. The molecule has 0 unspecified atom stereocenters. The minimum atomic E-state index is -1.38. The molecule has 14 nitrogen and oxygen atoms in total. The van der Waals surface area contributed by atoms with Crippen LogP contribution in [0, 0.1) is 52.4 Å². The van der Waals surface area contributed by atoms with Crippen molar-refractivity contribution in [2.75, 3.05) is 99.7 Å². The Labute approximate surface area is 479 Å². The van der Waals surface area contributed by atoms with E-state index in [2.05, 4.69) is 27.1 Å². The number of nitrogens with zero attached hydrogens (tertiary/aromatic N) is 5. The van der Waals surface area contributed by atoms with Crippen molar-refractivity contribution in [2.45, 2.75) is 19.3 Å². The second-order valence-electron chi connectivity index (χ2n) is 19.5. The minimum absolute atomic E-state index is 0.0895. The molecule has 0 bridgehead atoms. The lowest BCUT2D eigenvalue weighted by atomic mass is 9.97. The Hall–Kier alpha value is -8.38. The summed E-state index contributed by atoms with van der Waals surface area (Å²) < 4.78 is 124. The van der Waals surface area contributed by atoms with Crippen molar-refractivity contribution >= 4 is 29.7 Å². The number of rotatable bonds is 11. The number of carboxylic acids is 3. The Balaban J connectivity index is 0.000000206. The van der Waals surface area contributed by atoms with Crippen LogP contribution in [-0.4, -0.2) is 169 Å². The molecule has 23 heteroatoms. The Bertz CT molecular complexity index is 3130. The first-order chi connectivity index (χ1) is 40.0. The molecule has 3 aliphatic heterocycles. The molecular weight excluding hydrogens is 1120 g/mol. The van der Waals surface area contributed by atoms with Gasteiger partial charge in [-0.15, -0.1) is 0 Å². The van der Waals surface area contributed by atoms with E-state index in [1.165, 1.54) is 85.9 Å². The molecule has 0 saturated carbocycles. The number of hydrogen-bond donors (Lipinski definition) is 4. The predicted molar refractivity (Wildman–Crippen MR) is 295 cm³/mol. The number of amides is 2. The zero-order valence-corrected chi connectivity index (χ0v) is 46.2. The van der Waals surface area contributed by atoms with Gasteiger partial charge in [0.2, 0.25) is 0 Å². The van der Waals surface area contributed by atoms with Crippen LogP contribution in [0.25, 0.3) is 0 Å². The van der Waals surface area contributed by atoms with Gasteiger partial charge in [-0.3, -0.25) is 9.59 Å². The molecule has 3 saturated heterocycles. The molecule has 0 radical (unpaired) electrons. The molecule has 84 heavy (non-hydrogen) atoms. The highest BCUT2D eigenvalue weighted by Crippen LogP contribution is 2.27. The highest BCUT2D eigenvalue weighted by atomic mass is 19.2. The van der Waals surface area contributed by atoms with Gasteiger partial charge in [0.1, 0.15) is 17.5 Å². The molecule has 0 atom stereocenters. The fourth-order valence-corrected chi connectivity index (χ4v) is 8.67. The molecular formula is C61H63F9N6O8. The van der Waals surface area contributed by atoms with Crippen LogP contribution >= 0.6 is 0 Å². The van der Waals surface area contributed by atoms with Crippen molar-refractivity contribution in [3.63, 3.8) is 0 Å². The summed E-state index contributed by atoms with van der Waals surface area (Å²) in [5.74, 6) is -12.9. The number of nitrogens with one attached hydrogen (secondary N) is 1. The van der Waals surface area contributed by atoms with E-state index < -0.39 is 70.3 Å². The first kappa shape index (κ1) is 66.4. The van der Waals surface area contributed by atoms with E-state index in [1.807, 2.05) is 14.1 Å². The minimum Gasteiger partial charge on any atom is -0.478 e. The molecule has 6 aromatic carbocycles. The van der Waals surface area contributed by atoms with Crippen LogP contribution in [0.5, 0.6) is 0 Å². The predicted octanol–water partition coefficient (Wildman–Crippen LogP) is 8.79. The smallest absolute Gasteiger partial charge is 0.336 e. The maximum Gasteiger partial charge on any atom is 0.336 e. The molecule has 3 aliphatic rings. The third-order valence-corrected chi connectivity index (χ3v) is 13.5. The van der Waals surface area contributed by atoms with Crippen LogP contribution in [0.4, 0.5) is 39.5 Å². The van der Waals surface area contributed by atoms with Crippen LogP contribution in [0.15, 0.2) is 121 Å².